The Labute approximate surface area is 273 Å². The van der Waals surface area contributed by atoms with Gasteiger partial charge in [0.25, 0.3) is 0 Å². The van der Waals surface area contributed by atoms with Crippen LogP contribution in [0.1, 0.15) is 122 Å². The maximum absolute atomic E-state index is 7.29. The first-order valence-corrected chi connectivity index (χ1v) is 19.4. The summed E-state index contributed by atoms with van der Waals surface area (Å²) in [6.45, 7) is 45.1. The van der Waals surface area contributed by atoms with Crippen molar-refractivity contribution in [2.75, 3.05) is 19.6 Å². The summed E-state index contributed by atoms with van der Waals surface area (Å²) < 4.78 is 21.9. The van der Waals surface area contributed by atoms with Crippen molar-refractivity contribution in [1.82, 2.24) is 14.7 Å². The lowest BCUT2D eigenvalue weighted by molar-refractivity contribution is -0.129. The fraction of sp³-hybridized carbons (Fsp3) is 0.838. The molecule has 3 fully saturated rings. The van der Waals surface area contributed by atoms with E-state index in [1.54, 1.807) is 0 Å². The number of nitrogens with zero attached hydrogens (tertiary/aromatic N) is 3. The van der Waals surface area contributed by atoms with Crippen molar-refractivity contribution in [3.05, 3.63) is 38.0 Å². The summed E-state index contributed by atoms with van der Waals surface area (Å²) in [4.78, 5) is 7.73. The number of likely N-dealkylation sites (tertiary alicyclic amines) is 3. The van der Waals surface area contributed by atoms with Crippen LogP contribution in [0, 0.1) is 0 Å². The quantitative estimate of drug-likeness (QED) is 0.160. The highest BCUT2D eigenvalue weighted by Gasteiger charge is 2.54. The van der Waals surface area contributed by atoms with E-state index < -0.39 is 8.80 Å². The molecule has 254 valence electrons. The molecule has 0 aromatic heterocycles. The second-order valence-electron chi connectivity index (χ2n) is 17.9. The average Bonchev–Trinajstić information content (AvgIpc) is 2.79. The fourth-order valence-electron chi connectivity index (χ4n) is 9.79. The Morgan fingerprint density at radius 2 is 0.659 bits per heavy atom. The van der Waals surface area contributed by atoms with Crippen LogP contribution < -0.4 is 0 Å². The van der Waals surface area contributed by atoms with E-state index in [0.29, 0.717) is 0 Å². The second kappa shape index (κ2) is 13.0. The van der Waals surface area contributed by atoms with Gasteiger partial charge in [0.1, 0.15) is 0 Å². The number of rotatable bonds is 12. The molecule has 0 N–H and O–H groups in total. The Morgan fingerprint density at radius 1 is 0.477 bits per heavy atom. The zero-order chi connectivity index (χ0) is 33.6. The van der Waals surface area contributed by atoms with Gasteiger partial charge in [-0.3, -0.25) is 14.7 Å². The van der Waals surface area contributed by atoms with E-state index in [1.807, 2.05) is 18.2 Å². The lowest BCUT2D eigenvalue weighted by atomic mass is 9.78. The number of hydrogen-bond donors (Lipinski definition) is 0. The Morgan fingerprint density at radius 3 is 0.818 bits per heavy atom. The highest BCUT2D eigenvalue weighted by atomic mass is 28.4. The first kappa shape index (κ1) is 37.7. The van der Waals surface area contributed by atoms with Crippen molar-refractivity contribution in [2.24, 2.45) is 0 Å². The molecule has 0 aliphatic carbocycles. The molecule has 0 spiro atoms. The third-order valence-electron chi connectivity index (χ3n) is 10.8. The van der Waals surface area contributed by atoms with Crippen LogP contribution in [-0.2, 0) is 13.3 Å². The van der Waals surface area contributed by atoms with Crippen LogP contribution >= 0.6 is 0 Å². The predicted molar refractivity (Wildman–Crippen MR) is 189 cm³/mol. The zero-order valence-electron chi connectivity index (χ0n) is 31.0. The minimum Gasteiger partial charge on any atom is -0.370 e. The van der Waals surface area contributed by atoms with Gasteiger partial charge in [-0.2, -0.15) is 0 Å². The summed E-state index contributed by atoms with van der Waals surface area (Å²) in [7, 11) is -3.12. The summed E-state index contributed by atoms with van der Waals surface area (Å²) in [5.41, 5.74) is -0.191. The zero-order valence-corrected chi connectivity index (χ0v) is 32.0. The standard InChI is InChI=1S/C37H69N3O3Si/c1-17-20-38-32(4,5)23-29(24-33(38,6)7)41-44(16,42-30-25-34(8,9)39(21-18-2)35(10,11)26-30)43-31-27-36(12,13)40(22-19-3)37(14,15)28-31/h17-19,29-31H,1-3,20-28H2,4-16H3. The second-order valence-corrected chi connectivity index (χ2v) is 20.3. The average molecular weight is 632 g/mol. The summed E-state index contributed by atoms with van der Waals surface area (Å²) in [5.74, 6) is 0. The molecule has 0 atom stereocenters. The molecule has 3 saturated heterocycles. The lowest BCUT2D eigenvalue weighted by Gasteiger charge is -2.58. The molecular formula is C37H69N3O3Si. The topological polar surface area (TPSA) is 37.4 Å². The van der Waals surface area contributed by atoms with Crippen LogP contribution in [0.5, 0.6) is 0 Å². The van der Waals surface area contributed by atoms with Gasteiger partial charge in [-0.25, -0.2) is 0 Å². The molecule has 3 rings (SSSR count). The number of hydrogen-bond acceptors (Lipinski definition) is 6. The Bertz CT molecular complexity index is 853. The molecule has 44 heavy (non-hydrogen) atoms. The fourth-order valence-corrected chi connectivity index (χ4v) is 12.3. The molecule has 6 nitrogen and oxygen atoms in total. The van der Waals surface area contributed by atoms with E-state index in [4.69, 9.17) is 13.3 Å². The minimum atomic E-state index is -3.12. The van der Waals surface area contributed by atoms with Gasteiger partial charge in [0.05, 0.1) is 18.3 Å². The molecule has 0 saturated carbocycles. The van der Waals surface area contributed by atoms with Crippen molar-refractivity contribution in [3.63, 3.8) is 0 Å². The Hall–Kier alpha value is -0.803. The first-order chi connectivity index (χ1) is 19.9. The molecule has 3 aliphatic heterocycles. The van der Waals surface area contributed by atoms with E-state index in [9.17, 15) is 0 Å². The van der Waals surface area contributed by atoms with Crippen molar-refractivity contribution in [1.29, 1.82) is 0 Å². The van der Waals surface area contributed by atoms with Gasteiger partial charge < -0.3 is 13.3 Å². The van der Waals surface area contributed by atoms with E-state index >= 15 is 0 Å². The Balaban J connectivity index is 1.95. The molecule has 0 unspecified atom stereocenters. The maximum Gasteiger partial charge on any atom is 0.498 e. The van der Waals surface area contributed by atoms with Crippen LogP contribution in [-0.4, -0.2) is 94.7 Å². The molecule has 3 heterocycles. The number of piperidine rings is 3. The summed E-state index contributed by atoms with van der Waals surface area (Å²) >= 11 is 0. The van der Waals surface area contributed by atoms with Crippen LogP contribution in [0.3, 0.4) is 0 Å². The molecule has 0 aromatic carbocycles. The minimum absolute atomic E-state index is 0.0318. The van der Waals surface area contributed by atoms with Gasteiger partial charge in [0.2, 0.25) is 0 Å². The highest BCUT2D eigenvalue weighted by molar-refractivity contribution is 6.59. The monoisotopic (exact) mass is 632 g/mol. The highest BCUT2D eigenvalue weighted by Crippen LogP contribution is 2.45. The van der Waals surface area contributed by atoms with Crippen molar-refractivity contribution >= 4 is 8.80 Å². The van der Waals surface area contributed by atoms with Crippen LogP contribution in [0.4, 0.5) is 0 Å². The Kier molecular flexibility index (Phi) is 11.1. The van der Waals surface area contributed by atoms with E-state index in [1.165, 1.54) is 0 Å². The molecule has 0 amide bonds. The van der Waals surface area contributed by atoms with Gasteiger partial charge in [-0.15, -0.1) is 19.7 Å². The normalized spacial score (nSPS) is 28.0. The molecule has 0 radical (unpaired) electrons. The third-order valence-corrected chi connectivity index (χ3v) is 13.1. The van der Waals surface area contributed by atoms with Crippen molar-refractivity contribution < 1.29 is 13.3 Å². The third kappa shape index (κ3) is 8.37. The SMILES string of the molecule is C=CCN1C(C)(C)CC(O[Si](C)(OC2CC(C)(C)N(CC=C)C(C)(C)C2)OC2CC(C)(C)N(CC=C)C(C)(C)C2)CC1(C)C. The van der Waals surface area contributed by atoms with E-state index in [2.05, 4.69) is 124 Å². The maximum atomic E-state index is 7.29. The van der Waals surface area contributed by atoms with Crippen molar-refractivity contribution in [3.8, 4) is 0 Å². The molecule has 0 bridgehead atoms. The summed E-state index contributed by atoms with van der Waals surface area (Å²) in [6.07, 6.45) is 11.9. The van der Waals surface area contributed by atoms with Gasteiger partial charge in [0.15, 0.2) is 0 Å². The van der Waals surface area contributed by atoms with E-state index in [-0.39, 0.29) is 51.5 Å². The van der Waals surface area contributed by atoms with E-state index in [0.717, 1.165) is 58.2 Å². The molecular weight excluding hydrogens is 563 g/mol. The van der Waals surface area contributed by atoms with Crippen molar-refractivity contribution in [2.45, 2.75) is 180 Å². The van der Waals surface area contributed by atoms with Crippen LogP contribution in [0.15, 0.2) is 38.0 Å². The predicted octanol–water partition coefficient (Wildman–Crippen LogP) is 8.23. The van der Waals surface area contributed by atoms with Gasteiger partial charge in [-0.1, -0.05) is 18.2 Å². The van der Waals surface area contributed by atoms with Gasteiger partial charge in [0, 0.05) is 59.4 Å². The smallest absolute Gasteiger partial charge is 0.370 e. The lowest BCUT2D eigenvalue weighted by Crippen LogP contribution is -2.66. The van der Waals surface area contributed by atoms with Crippen LogP contribution in [0.2, 0.25) is 6.55 Å². The molecule has 3 aliphatic rings. The summed E-state index contributed by atoms with van der Waals surface area (Å²) in [6, 6.07) is 0. The van der Waals surface area contributed by atoms with Gasteiger partial charge in [-0.05, 0) is 122 Å². The first-order valence-electron chi connectivity index (χ1n) is 17.1. The molecule has 7 heteroatoms. The van der Waals surface area contributed by atoms with Gasteiger partial charge >= 0.3 is 8.80 Å². The van der Waals surface area contributed by atoms with Crippen LogP contribution in [0.25, 0.3) is 0 Å². The largest absolute Gasteiger partial charge is 0.498 e. The molecule has 0 aromatic rings. The summed E-state index contributed by atoms with van der Waals surface area (Å²) in [5, 5.41) is 0.